The molecule has 0 radical (unpaired) electrons. The molecule has 0 spiro atoms. The number of methoxy groups -OCH3 is 1. The number of carbonyl (C=O) groups is 1. The Hall–Kier alpha value is -3.15. The second-order valence-corrected chi connectivity index (χ2v) is 9.35. The summed E-state index contributed by atoms with van der Waals surface area (Å²) in [6, 6.07) is 14.5. The van der Waals surface area contributed by atoms with E-state index in [9.17, 15) is 4.79 Å². The topological polar surface area (TPSA) is 58.6 Å². The van der Waals surface area contributed by atoms with Crippen LogP contribution < -0.4 is 9.64 Å². The summed E-state index contributed by atoms with van der Waals surface area (Å²) in [6.45, 7) is 6.49. The SMILES string of the molecule is COc1ccccc1C1CCCN1C(=O)C1CCCN(c2nc(C)c3ccc(C)cc3n2)C1. The summed E-state index contributed by atoms with van der Waals surface area (Å²) < 4.78 is 5.60. The van der Waals surface area contributed by atoms with Gasteiger partial charge in [0.2, 0.25) is 11.9 Å². The molecule has 1 aromatic heterocycles. The number of nitrogens with zero attached hydrogens (tertiary/aromatic N) is 4. The molecule has 0 aliphatic carbocycles. The van der Waals surface area contributed by atoms with Crippen molar-refractivity contribution >= 4 is 22.8 Å². The molecule has 172 valence electrons. The van der Waals surface area contributed by atoms with Crippen LogP contribution in [-0.2, 0) is 4.79 Å². The second-order valence-electron chi connectivity index (χ2n) is 9.35. The maximum Gasteiger partial charge on any atom is 0.227 e. The van der Waals surface area contributed by atoms with Crippen LogP contribution in [0.25, 0.3) is 10.9 Å². The van der Waals surface area contributed by atoms with E-state index < -0.39 is 0 Å². The zero-order valence-corrected chi connectivity index (χ0v) is 19.8. The lowest BCUT2D eigenvalue weighted by Gasteiger charge is -2.36. The fourth-order valence-electron chi connectivity index (χ4n) is 5.41. The van der Waals surface area contributed by atoms with Crippen molar-refractivity contribution in [2.45, 2.75) is 45.6 Å². The molecular formula is C27H32N4O2. The largest absolute Gasteiger partial charge is 0.496 e. The molecule has 2 aromatic carbocycles. The van der Waals surface area contributed by atoms with Gasteiger partial charge in [0.05, 0.1) is 30.3 Å². The van der Waals surface area contributed by atoms with E-state index in [4.69, 9.17) is 14.7 Å². The van der Waals surface area contributed by atoms with Crippen molar-refractivity contribution < 1.29 is 9.53 Å². The minimum atomic E-state index is -0.0360. The normalized spacial score (nSPS) is 20.9. The third-order valence-corrected chi connectivity index (χ3v) is 7.12. The van der Waals surface area contributed by atoms with E-state index in [-0.39, 0.29) is 17.9 Å². The van der Waals surface area contributed by atoms with Gasteiger partial charge in [-0.3, -0.25) is 4.79 Å². The van der Waals surface area contributed by atoms with Crippen molar-refractivity contribution in [1.29, 1.82) is 0 Å². The maximum absolute atomic E-state index is 13.7. The van der Waals surface area contributed by atoms with Crippen LogP contribution in [0.1, 0.15) is 48.5 Å². The van der Waals surface area contributed by atoms with Gasteiger partial charge in [-0.25, -0.2) is 9.97 Å². The van der Waals surface area contributed by atoms with E-state index in [1.165, 1.54) is 5.56 Å². The first-order valence-corrected chi connectivity index (χ1v) is 12.0. The van der Waals surface area contributed by atoms with Gasteiger partial charge in [-0.2, -0.15) is 0 Å². The molecule has 3 aromatic rings. The fourth-order valence-corrected chi connectivity index (χ4v) is 5.41. The van der Waals surface area contributed by atoms with Crippen molar-refractivity contribution in [3.05, 3.63) is 59.3 Å². The quantitative estimate of drug-likeness (QED) is 0.577. The number of piperidine rings is 1. The van der Waals surface area contributed by atoms with Gasteiger partial charge in [0.25, 0.3) is 0 Å². The Bertz CT molecular complexity index is 1180. The van der Waals surface area contributed by atoms with Crippen LogP contribution >= 0.6 is 0 Å². The molecule has 0 N–H and O–H groups in total. The van der Waals surface area contributed by atoms with Gasteiger partial charge in [-0.1, -0.05) is 30.3 Å². The standard InChI is InChI=1S/C27H32N4O2/c1-18-12-13-21-19(2)28-27(29-23(21)16-18)30-14-6-8-20(17-30)26(32)31-15-7-10-24(31)22-9-4-5-11-25(22)33-3/h4-5,9,11-13,16,20,24H,6-8,10,14-15,17H2,1-3H3. The number of ether oxygens (including phenoxy) is 1. The Balaban J connectivity index is 1.37. The number of para-hydroxylation sites is 1. The Labute approximate surface area is 195 Å². The first-order chi connectivity index (χ1) is 16.0. The van der Waals surface area contributed by atoms with Crippen molar-refractivity contribution in [1.82, 2.24) is 14.9 Å². The molecule has 0 saturated carbocycles. The van der Waals surface area contributed by atoms with Crippen LogP contribution in [0.5, 0.6) is 5.75 Å². The molecule has 1 amide bonds. The number of likely N-dealkylation sites (tertiary alicyclic amines) is 1. The van der Waals surface area contributed by atoms with Crippen molar-refractivity contribution in [2.24, 2.45) is 5.92 Å². The Morgan fingerprint density at radius 1 is 1.03 bits per heavy atom. The summed E-state index contributed by atoms with van der Waals surface area (Å²) in [5.74, 6) is 1.82. The molecule has 2 unspecified atom stereocenters. The van der Waals surface area contributed by atoms with Crippen molar-refractivity contribution in [3.8, 4) is 5.75 Å². The highest BCUT2D eigenvalue weighted by molar-refractivity contribution is 5.83. The molecule has 6 nitrogen and oxygen atoms in total. The number of fused-ring (bicyclic) bond motifs is 1. The van der Waals surface area contributed by atoms with Gasteiger partial charge in [-0.15, -0.1) is 0 Å². The van der Waals surface area contributed by atoms with Crippen LogP contribution in [0, 0.1) is 19.8 Å². The number of anilines is 1. The lowest BCUT2D eigenvalue weighted by molar-refractivity contribution is -0.136. The van der Waals surface area contributed by atoms with Gasteiger partial charge in [0.15, 0.2) is 0 Å². The summed E-state index contributed by atoms with van der Waals surface area (Å²) in [5, 5.41) is 1.09. The predicted molar refractivity (Wildman–Crippen MR) is 131 cm³/mol. The second kappa shape index (κ2) is 9.00. The van der Waals surface area contributed by atoms with Gasteiger partial charge < -0.3 is 14.5 Å². The summed E-state index contributed by atoms with van der Waals surface area (Å²) in [7, 11) is 1.70. The number of rotatable bonds is 4. The molecule has 2 atom stereocenters. The van der Waals surface area contributed by atoms with E-state index in [1.807, 2.05) is 25.1 Å². The Morgan fingerprint density at radius 2 is 1.85 bits per heavy atom. The highest BCUT2D eigenvalue weighted by atomic mass is 16.5. The third-order valence-electron chi connectivity index (χ3n) is 7.12. The van der Waals surface area contributed by atoms with Gasteiger partial charge in [0, 0.05) is 30.6 Å². The Kier molecular flexibility index (Phi) is 5.92. The molecule has 3 heterocycles. The van der Waals surface area contributed by atoms with Crippen LogP contribution in [0.15, 0.2) is 42.5 Å². The average Bonchev–Trinajstić information content (AvgIpc) is 3.33. The van der Waals surface area contributed by atoms with E-state index >= 15 is 0 Å². The molecular weight excluding hydrogens is 412 g/mol. The van der Waals surface area contributed by atoms with Gasteiger partial charge in [0.1, 0.15) is 5.75 Å². The number of aryl methyl sites for hydroxylation is 2. The summed E-state index contributed by atoms with van der Waals surface area (Å²) in [4.78, 5) is 27.7. The van der Waals surface area contributed by atoms with E-state index in [0.29, 0.717) is 6.54 Å². The number of benzene rings is 2. The molecule has 2 aliphatic rings. The predicted octanol–water partition coefficient (Wildman–Crippen LogP) is 4.84. The van der Waals surface area contributed by atoms with E-state index in [2.05, 4.69) is 41.0 Å². The third kappa shape index (κ3) is 4.14. The highest BCUT2D eigenvalue weighted by Gasteiger charge is 2.37. The molecule has 2 saturated heterocycles. The average molecular weight is 445 g/mol. The molecule has 0 bridgehead atoms. The van der Waals surface area contributed by atoms with Crippen LogP contribution in [0.2, 0.25) is 0 Å². The fraction of sp³-hybridized carbons (Fsp3) is 0.444. The Morgan fingerprint density at radius 3 is 2.70 bits per heavy atom. The molecule has 2 aliphatic heterocycles. The van der Waals surface area contributed by atoms with Crippen molar-refractivity contribution in [2.75, 3.05) is 31.6 Å². The lowest BCUT2D eigenvalue weighted by atomic mass is 9.95. The van der Waals surface area contributed by atoms with Gasteiger partial charge >= 0.3 is 0 Å². The van der Waals surface area contributed by atoms with E-state index in [1.54, 1.807) is 7.11 Å². The van der Waals surface area contributed by atoms with Crippen LogP contribution in [0.4, 0.5) is 5.95 Å². The van der Waals surface area contributed by atoms with Gasteiger partial charge in [-0.05, 0) is 57.2 Å². The van der Waals surface area contributed by atoms with Crippen LogP contribution in [0.3, 0.4) is 0 Å². The van der Waals surface area contributed by atoms with Crippen molar-refractivity contribution in [3.63, 3.8) is 0 Å². The maximum atomic E-state index is 13.7. The zero-order chi connectivity index (χ0) is 22.9. The first kappa shape index (κ1) is 21.7. The number of amides is 1. The first-order valence-electron chi connectivity index (χ1n) is 12.0. The number of carbonyl (C=O) groups excluding carboxylic acids is 1. The van der Waals surface area contributed by atoms with Crippen LogP contribution in [-0.4, -0.2) is 47.5 Å². The monoisotopic (exact) mass is 444 g/mol. The molecule has 33 heavy (non-hydrogen) atoms. The highest BCUT2D eigenvalue weighted by Crippen LogP contribution is 2.38. The molecule has 6 heteroatoms. The number of hydrogen-bond donors (Lipinski definition) is 0. The zero-order valence-electron chi connectivity index (χ0n) is 19.8. The minimum Gasteiger partial charge on any atom is -0.496 e. The number of hydrogen-bond acceptors (Lipinski definition) is 5. The minimum absolute atomic E-state index is 0.0360. The number of aromatic nitrogens is 2. The summed E-state index contributed by atoms with van der Waals surface area (Å²) in [6.07, 6.45) is 3.89. The smallest absolute Gasteiger partial charge is 0.227 e. The van der Waals surface area contributed by atoms with E-state index in [0.717, 1.165) is 72.6 Å². The summed E-state index contributed by atoms with van der Waals surface area (Å²) >= 11 is 0. The lowest BCUT2D eigenvalue weighted by Crippen LogP contribution is -2.45. The summed E-state index contributed by atoms with van der Waals surface area (Å²) in [5.41, 5.74) is 4.26. The molecule has 2 fully saturated rings. The molecule has 5 rings (SSSR count).